The predicted molar refractivity (Wildman–Crippen MR) is 68.4 cm³/mol. The van der Waals surface area contributed by atoms with Crippen molar-refractivity contribution in [3.05, 3.63) is 11.2 Å². The molecule has 3 heterocycles. The van der Waals surface area contributed by atoms with Gasteiger partial charge in [0, 0.05) is 32.1 Å². The molecule has 7 heteroatoms. The van der Waals surface area contributed by atoms with Gasteiger partial charge in [0.25, 0.3) is 0 Å². The van der Waals surface area contributed by atoms with E-state index in [9.17, 15) is 4.79 Å². The van der Waals surface area contributed by atoms with E-state index >= 15 is 0 Å². The molecular formula is C11H14ClN5O. The maximum Gasteiger partial charge on any atom is 0.223 e. The molecule has 1 unspecified atom stereocenters. The van der Waals surface area contributed by atoms with E-state index in [4.69, 9.17) is 17.3 Å². The summed E-state index contributed by atoms with van der Waals surface area (Å²) in [5, 5.41) is 0.502. The smallest absolute Gasteiger partial charge is 0.223 e. The Morgan fingerprint density at radius 3 is 3.11 bits per heavy atom. The largest absolute Gasteiger partial charge is 0.368 e. The molecule has 1 aromatic rings. The minimum atomic E-state index is 0.222. The van der Waals surface area contributed by atoms with E-state index in [1.807, 2.05) is 4.90 Å². The van der Waals surface area contributed by atoms with E-state index < -0.39 is 0 Å². The van der Waals surface area contributed by atoms with Crippen LogP contribution in [0, 0.1) is 0 Å². The summed E-state index contributed by atoms with van der Waals surface area (Å²) < 4.78 is 0. The van der Waals surface area contributed by atoms with E-state index in [1.54, 1.807) is 0 Å². The number of nitrogens with two attached hydrogens (primary N) is 1. The van der Waals surface area contributed by atoms with Crippen molar-refractivity contribution >= 4 is 29.3 Å². The zero-order valence-corrected chi connectivity index (χ0v) is 10.6. The number of hydrogen-bond acceptors (Lipinski definition) is 5. The van der Waals surface area contributed by atoms with Crippen molar-refractivity contribution < 1.29 is 4.79 Å². The molecular weight excluding hydrogens is 254 g/mol. The zero-order valence-electron chi connectivity index (χ0n) is 9.84. The van der Waals surface area contributed by atoms with Gasteiger partial charge >= 0.3 is 0 Å². The predicted octanol–water partition coefficient (Wildman–Crippen LogP) is 0.523. The SMILES string of the molecule is Nc1ncc(Cl)c(N2CCN3C(=O)CCC3C2)n1. The lowest BCUT2D eigenvalue weighted by Gasteiger charge is -2.38. The molecule has 0 radical (unpaired) electrons. The summed E-state index contributed by atoms with van der Waals surface area (Å²) in [7, 11) is 0. The fraction of sp³-hybridized carbons (Fsp3) is 0.545. The molecule has 0 spiro atoms. The molecule has 1 aromatic heterocycles. The van der Waals surface area contributed by atoms with Gasteiger partial charge in [-0.1, -0.05) is 11.6 Å². The Morgan fingerprint density at radius 1 is 1.44 bits per heavy atom. The maximum absolute atomic E-state index is 11.6. The van der Waals surface area contributed by atoms with Gasteiger partial charge in [-0.05, 0) is 6.42 Å². The maximum atomic E-state index is 11.6. The minimum Gasteiger partial charge on any atom is -0.368 e. The molecule has 0 aromatic carbocycles. The molecule has 0 saturated carbocycles. The van der Waals surface area contributed by atoms with Crippen LogP contribution in [0.15, 0.2) is 6.20 Å². The summed E-state index contributed by atoms with van der Waals surface area (Å²) in [6.07, 6.45) is 3.08. The number of carbonyl (C=O) groups is 1. The van der Waals surface area contributed by atoms with Crippen molar-refractivity contribution in [3.8, 4) is 0 Å². The number of anilines is 2. The molecule has 2 aliphatic heterocycles. The quantitative estimate of drug-likeness (QED) is 0.803. The number of fused-ring (bicyclic) bond motifs is 1. The molecule has 1 atom stereocenters. The van der Waals surface area contributed by atoms with E-state index in [2.05, 4.69) is 14.9 Å². The molecule has 18 heavy (non-hydrogen) atoms. The van der Waals surface area contributed by atoms with Crippen molar-refractivity contribution in [1.82, 2.24) is 14.9 Å². The van der Waals surface area contributed by atoms with Crippen molar-refractivity contribution in [3.63, 3.8) is 0 Å². The normalized spacial score (nSPS) is 23.4. The third-order valence-corrected chi connectivity index (χ3v) is 3.80. The second kappa shape index (κ2) is 4.28. The second-order valence-corrected chi connectivity index (χ2v) is 5.03. The summed E-state index contributed by atoms with van der Waals surface area (Å²) in [5.41, 5.74) is 5.59. The van der Waals surface area contributed by atoms with Crippen LogP contribution < -0.4 is 10.6 Å². The lowest BCUT2D eigenvalue weighted by atomic mass is 10.1. The van der Waals surface area contributed by atoms with Gasteiger partial charge in [0.05, 0.1) is 6.20 Å². The lowest BCUT2D eigenvalue weighted by molar-refractivity contribution is -0.129. The van der Waals surface area contributed by atoms with Crippen LogP contribution in [0.4, 0.5) is 11.8 Å². The van der Waals surface area contributed by atoms with Crippen LogP contribution >= 0.6 is 11.6 Å². The molecule has 96 valence electrons. The second-order valence-electron chi connectivity index (χ2n) is 4.63. The van der Waals surface area contributed by atoms with Gasteiger partial charge in [-0.3, -0.25) is 4.79 Å². The Kier molecular flexibility index (Phi) is 2.74. The van der Waals surface area contributed by atoms with E-state index in [-0.39, 0.29) is 17.9 Å². The van der Waals surface area contributed by atoms with Gasteiger partial charge in [-0.15, -0.1) is 0 Å². The van der Waals surface area contributed by atoms with Crippen molar-refractivity contribution in [2.45, 2.75) is 18.9 Å². The van der Waals surface area contributed by atoms with Gasteiger partial charge < -0.3 is 15.5 Å². The number of carbonyl (C=O) groups excluding carboxylic acids is 1. The molecule has 2 saturated heterocycles. The van der Waals surface area contributed by atoms with Crippen LogP contribution in [0.2, 0.25) is 5.02 Å². The van der Waals surface area contributed by atoms with Gasteiger partial charge in [0.2, 0.25) is 11.9 Å². The highest BCUT2D eigenvalue weighted by atomic mass is 35.5. The van der Waals surface area contributed by atoms with Gasteiger partial charge in [-0.2, -0.15) is 4.98 Å². The Hall–Kier alpha value is -1.56. The van der Waals surface area contributed by atoms with Crippen LogP contribution in [0.5, 0.6) is 0 Å². The summed E-state index contributed by atoms with van der Waals surface area (Å²) in [4.78, 5) is 23.7. The average molecular weight is 268 g/mol. The average Bonchev–Trinajstić information content (AvgIpc) is 2.74. The number of nitrogens with zero attached hydrogens (tertiary/aromatic N) is 4. The number of amides is 1. The highest BCUT2D eigenvalue weighted by Gasteiger charge is 2.36. The Morgan fingerprint density at radius 2 is 2.28 bits per heavy atom. The summed E-state index contributed by atoms with van der Waals surface area (Å²) >= 11 is 6.10. The van der Waals surface area contributed by atoms with Crippen LogP contribution in [0.25, 0.3) is 0 Å². The Labute approximate surface area is 110 Å². The van der Waals surface area contributed by atoms with E-state index in [0.29, 0.717) is 17.3 Å². The van der Waals surface area contributed by atoms with E-state index in [1.165, 1.54) is 6.20 Å². The molecule has 2 N–H and O–H groups in total. The number of piperazine rings is 1. The van der Waals surface area contributed by atoms with Crippen LogP contribution in [0.3, 0.4) is 0 Å². The van der Waals surface area contributed by atoms with Gasteiger partial charge in [0.1, 0.15) is 5.02 Å². The minimum absolute atomic E-state index is 0.222. The molecule has 1 amide bonds. The zero-order chi connectivity index (χ0) is 12.7. The first kappa shape index (κ1) is 11.5. The third kappa shape index (κ3) is 1.86. The third-order valence-electron chi connectivity index (χ3n) is 3.54. The molecule has 2 aliphatic rings. The first-order valence-electron chi connectivity index (χ1n) is 5.97. The fourth-order valence-corrected chi connectivity index (χ4v) is 2.86. The number of aromatic nitrogens is 2. The van der Waals surface area contributed by atoms with Gasteiger partial charge in [0.15, 0.2) is 5.82 Å². The van der Waals surface area contributed by atoms with Crippen LogP contribution in [0.1, 0.15) is 12.8 Å². The molecule has 6 nitrogen and oxygen atoms in total. The van der Waals surface area contributed by atoms with Crippen LogP contribution in [-0.2, 0) is 4.79 Å². The monoisotopic (exact) mass is 267 g/mol. The molecule has 0 bridgehead atoms. The first-order chi connectivity index (χ1) is 8.65. The van der Waals surface area contributed by atoms with Gasteiger partial charge in [-0.25, -0.2) is 4.98 Å². The standard InChI is InChI=1S/C11H14ClN5O/c12-8-5-14-11(13)15-10(8)16-3-4-17-7(6-16)1-2-9(17)18/h5,7H,1-4,6H2,(H2,13,14,15). The molecule has 2 fully saturated rings. The number of hydrogen-bond donors (Lipinski definition) is 1. The van der Waals surface area contributed by atoms with Crippen molar-refractivity contribution in [1.29, 1.82) is 0 Å². The van der Waals surface area contributed by atoms with E-state index in [0.717, 1.165) is 26.1 Å². The number of halogens is 1. The molecule has 0 aliphatic carbocycles. The van der Waals surface area contributed by atoms with Crippen LogP contribution in [-0.4, -0.2) is 46.5 Å². The fourth-order valence-electron chi connectivity index (χ4n) is 2.65. The topological polar surface area (TPSA) is 75.3 Å². The van der Waals surface area contributed by atoms with Crippen molar-refractivity contribution in [2.75, 3.05) is 30.3 Å². The summed E-state index contributed by atoms with van der Waals surface area (Å²) in [6.45, 7) is 2.23. The lowest BCUT2D eigenvalue weighted by Crippen LogP contribution is -2.51. The Balaban J connectivity index is 1.82. The summed E-state index contributed by atoms with van der Waals surface area (Å²) in [5.74, 6) is 1.15. The number of nitrogen functional groups attached to an aromatic ring is 1. The first-order valence-corrected chi connectivity index (χ1v) is 6.35. The van der Waals surface area contributed by atoms with Crippen molar-refractivity contribution in [2.24, 2.45) is 0 Å². The summed E-state index contributed by atoms with van der Waals surface area (Å²) in [6, 6.07) is 0.276. The molecule has 3 rings (SSSR count). The Bertz CT molecular complexity index is 494. The highest BCUT2D eigenvalue weighted by Crippen LogP contribution is 2.29. The highest BCUT2D eigenvalue weighted by molar-refractivity contribution is 6.32. The number of rotatable bonds is 1.